The van der Waals surface area contributed by atoms with E-state index in [0.29, 0.717) is 13.0 Å². The van der Waals surface area contributed by atoms with Crippen LogP contribution in [-0.2, 0) is 16.1 Å². The third kappa shape index (κ3) is 2.89. The van der Waals surface area contributed by atoms with E-state index in [1.165, 1.54) is 12.7 Å². The number of carbonyl (C=O) groups excluding carboxylic acids is 1. The predicted octanol–water partition coefficient (Wildman–Crippen LogP) is 1.19. The number of likely N-dealkylation sites (tertiary alicyclic amines) is 1. The molecule has 4 nitrogen and oxygen atoms in total. The predicted molar refractivity (Wildman–Crippen MR) is 67.9 cm³/mol. The van der Waals surface area contributed by atoms with Gasteiger partial charge < -0.3 is 9.84 Å². The molecule has 1 atom stereocenters. The summed E-state index contributed by atoms with van der Waals surface area (Å²) in [5.74, 6) is -0.528. The van der Waals surface area contributed by atoms with Crippen LogP contribution in [0.1, 0.15) is 18.4 Å². The van der Waals surface area contributed by atoms with Gasteiger partial charge in [-0.05, 0) is 24.9 Å². The molecule has 0 unspecified atom stereocenters. The Hall–Kier alpha value is -1.39. The second kappa shape index (κ2) is 5.50. The highest BCUT2D eigenvalue weighted by atomic mass is 16.5. The van der Waals surface area contributed by atoms with Crippen molar-refractivity contribution in [2.24, 2.45) is 0 Å². The maximum Gasteiger partial charge on any atom is 0.339 e. The van der Waals surface area contributed by atoms with Crippen LogP contribution in [0.15, 0.2) is 30.3 Å². The highest BCUT2D eigenvalue weighted by Crippen LogP contribution is 2.23. The van der Waals surface area contributed by atoms with Crippen molar-refractivity contribution < 1.29 is 14.6 Å². The Labute approximate surface area is 107 Å². The first-order valence-corrected chi connectivity index (χ1v) is 6.21. The summed E-state index contributed by atoms with van der Waals surface area (Å²) in [5, 5.41) is 10.3. The molecule has 1 saturated heterocycles. The zero-order valence-corrected chi connectivity index (χ0v) is 10.6. The van der Waals surface area contributed by atoms with Gasteiger partial charge in [-0.25, -0.2) is 4.79 Å². The van der Waals surface area contributed by atoms with E-state index in [-0.39, 0.29) is 0 Å². The lowest BCUT2D eigenvalue weighted by atomic mass is 9.92. The summed E-state index contributed by atoms with van der Waals surface area (Å²) in [6, 6.07) is 10.1. The molecule has 0 aromatic heterocycles. The Kier molecular flexibility index (Phi) is 3.99. The fourth-order valence-corrected chi connectivity index (χ4v) is 2.46. The highest BCUT2D eigenvalue weighted by molar-refractivity contribution is 5.79. The average molecular weight is 249 g/mol. The van der Waals surface area contributed by atoms with Crippen molar-refractivity contribution in [3.63, 3.8) is 0 Å². The Balaban J connectivity index is 2.01. The van der Waals surface area contributed by atoms with E-state index >= 15 is 0 Å². The normalized spacial score (nSPS) is 24.8. The van der Waals surface area contributed by atoms with Crippen molar-refractivity contribution in [3.8, 4) is 0 Å². The van der Waals surface area contributed by atoms with Crippen molar-refractivity contribution in [2.75, 3.05) is 20.2 Å². The maximum atomic E-state index is 11.6. The summed E-state index contributed by atoms with van der Waals surface area (Å²) in [7, 11) is 1.32. The Morgan fingerprint density at radius 3 is 2.83 bits per heavy atom. The second-order valence-corrected chi connectivity index (χ2v) is 4.82. The molecular weight excluding hydrogens is 230 g/mol. The molecule has 2 rings (SSSR count). The van der Waals surface area contributed by atoms with Gasteiger partial charge in [-0.1, -0.05) is 30.3 Å². The molecule has 18 heavy (non-hydrogen) atoms. The lowest BCUT2D eigenvalue weighted by Crippen LogP contribution is -2.53. The van der Waals surface area contributed by atoms with E-state index in [1.807, 2.05) is 30.3 Å². The van der Waals surface area contributed by atoms with E-state index in [9.17, 15) is 9.90 Å². The molecule has 4 heteroatoms. The first-order valence-electron chi connectivity index (χ1n) is 6.21. The summed E-state index contributed by atoms with van der Waals surface area (Å²) in [6.45, 7) is 1.99. The minimum atomic E-state index is -1.35. The number of hydrogen-bond acceptors (Lipinski definition) is 4. The molecule has 0 bridgehead atoms. The number of aliphatic hydroxyl groups is 1. The molecule has 0 saturated carbocycles. The van der Waals surface area contributed by atoms with Crippen molar-refractivity contribution in [3.05, 3.63) is 35.9 Å². The number of rotatable bonds is 3. The van der Waals surface area contributed by atoms with Crippen LogP contribution in [0.25, 0.3) is 0 Å². The number of methoxy groups -OCH3 is 1. The zero-order valence-electron chi connectivity index (χ0n) is 10.6. The van der Waals surface area contributed by atoms with E-state index < -0.39 is 11.6 Å². The van der Waals surface area contributed by atoms with Gasteiger partial charge in [-0.3, -0.25) is 4.90 Å². The number of piperidine rings is 1. The van der Waals surface area contributed by atoms with Crippen LogP contribution in [0.2, 0.25) is 0 Å². The molecule has 98 valence electrons. The summed E-state index contributed by atoms with van der Waals surface area (Å²) < 4.78 is 4.68. The minimum absolute atomic E-state index is 0.342. The van der Waals surface area contributed by atoms with Crippen LogP contribution in [0.4, 0.5) is 0 Å². The fraction of sp³-hybridized carbons (Fsp3) is 0.500. The number of nitrogens with zero attached hydrogens (tertiary/aromatic N) is 1. The Bertz CT molecular complexity index is 407. The molecule has 1 fully saturated rings. The van der Waals surface area contributed by atoms with Crippen molar-refractivity contribution >= 4 is 5.97 Å². The standard InChI is InChI=1S/C14H19NO3/c1-18-13(16)14(17)8-5-9-15(11-14)10-12-6-3-2-4-7-12/h2-4,6-7,17H,5,8-11H2,1H3/t14-/m0/s1. The number of benzene rings is 1. The van der Waals surface area contributed by atoms with Gasteiger partial charge in [-0.15, -0.1) is 0 Å². The maximum absolute atomic E-state index is 11.6. The quantitative estimate of drug-likeness (QED) is 0.817. The fourth-order valence-electron chi connectivity index (χ4n) is 2.46. The SMILES string of the molecule is COC(=O)[C@]1(O)CCCN(Cc2ccccc2)C1. The number of esters is 1. The Morgan fingerprint density at radius 1 is 1.44 bits per heavy atom. The van der Waals surface area contributed by atoms with Crippen LogP contribution in [-0.4, -0.2) is 41.8 Å². The minimum Gasteiger partial charge on any atom is -0.467 e. The van der Waals surface area contributed by atoms with Crippen LogP contribution in [0, 0.1) is 0 Å². The highest BCUT2D eigenvalue weighted by Gasteiger charge is 2.41. The first kappa shape index (κ1) is 13.1. The lowest BCUT2D eigenvalue weighted by Gasteiger charge is -2.37. The van der Waals surface area contributed by atoms with Gasteiger partial charge >= 0.3 is 5.97 Å². The monoisotopic (exact) mass is 249 g/mol. The van der Waals surface area contributed by atoms with Gasteiger partial charge in [0.2, 0.25) is 0 Å². The molecule has 1 aliphatic rings. The van der Waals surface area contributed by atoms with Crippen molar-refractivity contribution in [1.29, 1.82) is 0 Å². The van der Waals surface area contributed by atoms with Gasteiger partial charge in [0.1, 0.15) is 0 Å². The van der Waals surface area contributed by atoms with Crippen molar-refractivity contribution in [2.45, 2.75) is 25.0 Å². The van der Waals surface area contributed by atoms with E-state index in [1.54, 1.807) is 0 Å². The molecule has 1 heterocycles. The number of carbonyl (C=O) groups is 1. The van der Waals surface area contributed by atoms with Crippen LogP contribution < -0.4 is 0 Å². The molecule has 1 aromatic rings. The molecular formula is C14H19NO3. The molecule has 0 amide bonds. The molecule has 0 radical (unpaired) electrons. The number of β-amino-alcohol motifs (C(OH)–C–C–N with tert-alkyl or cyclic N) is 1. The molecule has 0 aliphatic carbocycles. The van der Waals surface area contributed by atoms with Gasteiger partial charge in [0.05, 0.1) is 7.11 Å². The van der Waals surface area contributed by atoms with E-state index in [2.05, 4.69) is 9.64 Å². The smallest absolute Gasteiger partial charge is 0.339 e. The van der Waals surface area contributed by atoms with E-state index in [0.717, 1.165) is 19.5 Å². The summed E-state index contributed by atoms with van der Waals surface area (Å²) >= 11 is 0. The molecule has 0 spiro atoms. The average Bonchev–Trinajstić information content (AvgIpc) is 2.39. The van der Waals surface area contributed by atoms with Gasteiger partial charge in [0.15, 0.2) is 5.60 Å². The summed E-state index contributed by atoms with van der Waals surface area (Å²) in [4.78, 5) is 13.7. The lowest BCUT2D eigenvalue weighted by molar-refractivity contribution is -0.168. The van der Waals surface area contributed by atoms with E-state index in [4.69, 9.17) is 0 Å². The van der Waals surface area contributed by atoms with Crippen LogP contribution >= 0.6 is 0 Å². The molecule has 1 aromatic carbocycles. The molecule has 1 N–H and O–H groups in total. The van der Waals surface area contributed by atoms with Gasteiger partial charge in [0.25, 0.3) is 0 Å². The summed E-state index contributed by atoms with van der Waals surface area (Å²) in [6.07, 6.45) is 1.28. The first-order chi connectivity index (χ1) is 8.64. The largest absolute Gasteiger partial charge is 0.467 e. The van der Waals surface area contributed by atoms with Crippen molar-refractivity contribution in [1.82, 2.24) is 4.90 Å². The van der Waals surface area contributed by atoms with Gasteiger partial charge in [-0.2, -0.15) is 0 Å². The number of ether oxygens (including phenoxy) is 1. The molecule has 1 aliphatic heterocycles. The van der Waals surface area contributed by atoms with Gasteiger partial charge in [0, 0.05) is 13.1 Å². The van der Waals surface area contributed by atoms with Crippen LogP contribution in [0.5, 0.6) is 0 Å². The summed E-state index contributed by atoms with van der Waals surface area (Å²) in [5.41, 5.74) is -0.159. The topological polar surface area (TPSA) is 49.8 Å². The zero-order chi connectivity index (χ0) is 13.0. The third-order valence-corrected chi connectivity index (χ3v) is 3.36. The number of hydrogen-bond donors (Lipinski definition) is 1. The van der Waals surface area contributed by atoms with Crippen LogP contribution in [0.3, 0.4) is 0 Å². The Morgan fingerprint density at radius 2 is 2.17 bits per heavy atom. The second-order valence-electron chi connectivity index (χ2n) is 4.82. The third-order valence-electron chi connectivity index (χ3n) is 3.36.